The topological polar surface area (TPSA) is 47.9 Å². The normalized spacial score (nSPS) is 12.4. The lowest BCUT2D eigenvalue weighted by Gasteiger charge is -2.14. The average molecular weight is 268 g/mol. The standard InChI is InChI=1S/C15H24O4/c1-3-14(16)13-7-4-5-8-15(13)19-10-6-9-18-12-11-17-2/h4-5,7-8,14,16H,3,6,9-12H2,1-2H3. The number of methoxy groups -OCH3 is 1. The first-order chi connectivity index (χ1) is 9.29. The zero-order valence-electron chi connectivity index (χ0n) is 11.8. The molecule has 0 amide bonds. The van der Waals surface area contributed by atoms with Gasteiger partial charge in [-0.05, 0) is 12.5 Å². The summed E-state index contributed by atoms with van der Waals surface area (Å²) in [6.07, 6.45) is 1.04. The van der Waals surface area contributed by atoms with E-state index in [1.807, 2.05) is 31.2 Å². The van der Waals surface area contributed by atoms with Crippen LogP contribution in [0.1, 0.15) is 31.4 Å². The fraction of sp³-hybridized carbons (Fsp3) is 0.600. The van der Waals surface area contributed by atoms with Gasteiger partial charge in [0.05, 0.1) is 25.9 Å². The highest BCUT2D eigenvalue weighted by Crippen LogP contribution is 2.26. The number of hydrogen-bond donors (Lipinski definition) is 1. The van der Waals surface area contributed by atoms with Gasteiger partial charge in [-0.2, -0.15) is 0 Å². The van der Waals surface area contributed by atoms with Crippen molar-refractivity contribution in [1.82, 2.24) is 0 Å². The fourth-order valence-corrected chi connectivity index (χ4v) is 1.69. The molecule has 1 aromatic rings. The van der Waals surface area contributed by atoms with Gasteiger partial charge in [0.2, 0.25) is 0 Å². The van der Waals surface area contributed by atoms with E-state index in [4.69, 9.17) is 14.2 Å². The second-order valence-electron chi connectivity index (χ2n) is 4.27. The molecule has 0 saturated carbocycles. The van der Waals surface area contributed by atoms with Crippen molar-refractivity contribution in [2.24, 2.45) is 0 Å². The quantitative estimate of drug-likeness (QED) is 0.663. The van der Waals surface area contributed by atoms with Crippen molar-refractivity contribution in [3.63, 3.8) is 0 Å². The molecular formula is C15H24O4. The number of benzene rings is 1. The molecule has 0 radical (unpaired) electrons. The summed E-state index contributed by atoms with van der Waals surface area (Å²) in [7, 11) is 1.66. The van der Waals surface area contributed by atoms with Gasteiger partial charge < -0.3 is 19.3 Å². The molecule has 0 bridgehead atoms. The Hall–Kier alpha value is -1.10. The zero-order chi connectivity index (χ0) is 13.9. The molecule has 1 N–H and O–H groups in total. The molecule has 0 aromatic heterocycles. The van der Waals surface area contributed by atoms with E-state index in [-0.39, 0.29) is 0 Å². The van der Waals surface area contributed by atoms with E-state index in [0.29, 0.717) is 32.8 Å². The number of para-hydroxylation sites is 1. The predicted octanol–water partition coefficient (Wildman–Crippen LogP) is 2.56. The van der Waals surface area contributed by atoms with E-state index < -0.39 is 6.10 Å². The summed E-state index contributed by atoms with van der Waals surface area (Å²) < 4.78 is 15.9. The Morgan fingerprint density at radius 1 is 1.11 bits per heavy atom. The molecule has 1 aromatic carbocycles. The molecule has 19 heavy (non-hydrogen) atoms. The molecule has 0 spiro atoms. The van der Waals surface area contributed by atoms with Crippen molar-refractivity contribution in [2.75, 3.05) is 33.5 Å². The highest BCUT2D eigenvalue weighted by Gasteiger charge is 2.10. The summed E-state index contributed by atoms with van der Waals surface area (Å²) in [5.74, 6) is 0.758. The number of aliphatic hydroxyl groups excluding tert-OH is 1. The molecule has 0 aliphatic carbocycles. The van der Waals surface area contributed by atoms with Crippen molar-refractivity contribution < 1.29 is 19.3 Å². The summed E-state index contributed by atoms with van der Waals surface area (Å²) in [6, 6.07) is 7.61. The Morgan fingerprint density at radius 2 is 1.89 bits per heavy atom. The molecule has 0 saturated heterocycles. The Labute approximate surface area is 115 Å². The Morgan fingerprint density at radius 3 is 2.63 bits per heavy atom. The smallest absolute Gasteiger partial charge is 0.125 e. The van der Waals surface area contributed by atoms with E-state index in [0.717, 1.165) is 17.7 Å². The van der Waals surface area contributed by atoms with Crippen LogP contribution >= 0.6 is 0 Å². The summed E-state index contributed by atoms with van der Waals surface area (Å²) in [5.41, 5.74) is 0.852. The first-order valence-electron chi connectivity index (χ1n) is 6.76. The molecule has 108 valence electrons. The van der Waals surface area contributed by atoms with Gasteiger partial charge in [0.25, 0.3) is 0 Å². The summed E-state index contributed by atoms with van der Waals surface area (Å²) in [4.78, 5) is 0. The third-order valence-electron chi connectivity index (χ3n) is 2.79. The largest absolute Gasteiger partial charge is 0.493 e. The van der Waals surface area contributed by atoms with Crippen LogP contribution in [-0.4, -0.2) is 38.6 Å². The molecule has 0 aliphatic rings. The van der Waals surface area contributed by atoms with Crippen molar-refractivity contribution in [3.05, 3.63) is 29.8 Å². The Kier molecular flexibility index (Phi) is 8.21. The first-order valence-corrected chi connectivity index (χ1v) is 6.76. The zero-order valence-corrected chi connectivity index (χ0v) is 11.8. The maximum atomic E-state index is 9.89. The predicted molar refractivity (Wildman–Crippen MR) is 74.5 cm³/mol. The lowest BCUT2D eigenvalue weighted by atomic mass is 10.1. The van der Waals surface area contributed by atoms with Crippen LogP contribution in [0.5, 0.6) is 5.75 Å². The maximum absolute atomic E-state index is 9.89. The minimum atomic E-state index is -0.464. The molecule has 1 unspecified atom stereocenters. The van der Waals surface area contributed by atoms with Crippen molar-refractivity contribution in [2.45, 2.75) is 25.9 Å². The maximum Gasteiger partial charge on any atom is 0.125 e. The molecule has 1 atom stereocenters. The van der Waals surface area contributed by atoms with E-state index >= 15 is 0 Å². The first kappa shape index (κ1) is 16.0. The highest BCUT2D eigenvalue weighted by molar-refractivity contribution is 5.34. The van der Waals surface area contributed by atoms with Crippen LogP contribution in [-0.2, 0) is 9.47 Å². The van der Waals surface area contributed by atoms with Crippen LogP contribution in [0.25, 0.3) is 0 Å². The molecule has 0 heterocycles. The van der Waals surface area contributed by atoms with Crippen LogP contribution in [0.4, 0.5) is 0 Å². The number of hydrogen-bond acceptors (Lipinski definition) is 4. The highest BCUT2D eigenvalue weighted by atomic mass is 16.5. The summed E-state index contributed by atoms with van der Waals surface area (Å²) in [5, 5.41) is 9.89. The molecule has 4 heteroatoms. The van der Waals surface area contributed by atoms with E-state index in [9.17, 15) is 5.11 Å². The van der Waals surface area contributed by atoms with Crippen LogP contribution in [0.15, 0.2) is 24.3 Å². The molecule has 0 fully saturated rings. The summed E-state index contributed by atoms with van der Waals surface area (Å²) >= 11 is 0. The number of rotatable bonds is 10. The SMILES string of the molecule is CCC(O)c1ccccc1OCCCOCCOC. The van der Waals surface area contributed by atoms with Crippen molar-refractivity contribution in [3.8, 4) is 5.75 Å². The number of aliphatic hydroxyl groups is 1. The second kappa shape index (κ2) is 9.78. The molecule has 4 nitrogen and oxygen atoms in total. The molecule has 0 aliphatic heterocycles. The van der Waals surface area contributed by atoms with Gasteiger partial charge in [0, 0.05) is 25.7 Å². The van der Waals surface area contributed by atoms with Gasteiger partial charge >= 0.3 is 0 Å². The lowest BCUT2D eigenvalue weighted by molar-refractivity contribution is 0.0641. The van der Waals surface area contributed by atoms with Crippen LogP contribution in [0, 0.1) is 0 Å². The minimum Gasteiger partial charge on any atom is -0.493 e. The van der Waals surface area contributed by atoms with Crippen LogP contribution in [0.3, 0.4) is 0 Å². The van der Waals surface area contributed by atoms with Gasteiger partial charge in [0.1, 0.15) is 5.75 Å². The van der Waals surface area contributed by atoms with Gasteiger partial charge in [-0.3, -0.25) is 0 Å². The van der Waals surface area contributed by atoms with Gasteiger partial charge in [-0.15, -0.1) is 0 Å². The van der Waals surface area contributed by atoms with Crippen molar-refractivity contribution >= 4 is 0 Å². The van der Waals surface area contributed by atoms with Gasteiger partial charge in [-0.25, -0.2) is 0 Å². The molecule has 1 rings (SSSR count). The second-order valence-corrected chi connectivity index (χ2v) is 4.27. The minimum absolute atomic E-state index is 0.464. The van der Waals surface area contributed by atoms with Crippen molar-refractivity contribution in [1.29, 1.82) is 0 Å². The van der Waals surface area contributed by atoms with Crippen LogP contribution < -0.4 is 4.74 Å². The Bertz CT molecular complexity index is 341. The number of ether oxygens (including phenoxy) is 3. The fourth-order valence-electron chi connectivity index (χ4n) is 1.69. The Balaban J connectivity index is 2.29. The summed E-state index contributed by atoms with van der Waals surface area (Å²) in [6.45, 7) is 4.42. The van der Waals surface area contributed by atoms with Gasteiger partial charge in [-0.1, -0.05) is 25.1 Å². The van der Waals surface area contributed by atoms with E-state index in [2.05, 4.69) is 0 Å². The van der Waals surface area contributed by atoms with E-state index in [1.54, 1.807) is 7.11 Å². The van der Waals surface area contributed by atoms with E-state index in [1.165, 1.54) is 0 Å². The monoisotopic (exact) mass is 268 g/mol. The van der Waals surface area contributed by atoms with Crippen LogP contribution in [0.2, 0.25) is 0 Å². The lowest BCUT2D eigenvalue weighted by Crippen LogP contribution is -2.08. The molecular weight excluding hydrogens is 244 g/mol. The van der Waals surface area contributed by atoms with Gasteiger partial charge in [0.15, 0.2) is 0 Å². The third kappa shape index (κ3) is 6.05. The average Bonchev–Trinajstić information content (AvgIpc) is 2.46. The third-order valence-corrected chi connectivity index (χ3v) is 2.79.